The van der Waals surface area contributed by atoms with E-state index in [0.29, 0.717) is 27.5 Å². The number of anilines is 1. The number of non-ortho nitro benzene ring substituents is 1. The molecule has 1 aliphatic rings. The van der Waals surface area contributed by atoms with E-state index in [1.165, 1.54) is 6.07 Å². The number of aliphatic hydroxyl groups is 1. The molecule has 0 radical (unpaired) electrons. The predicted molar refractivity (Wildman–Crippen MR) is 148 cm³/mol. The second-order valence-corrected chi connectivity index (χ2v) is 12.4. The number of ketones is 1. The first-order valence-corrected chi connectivity index (χ1v) is 14.3. The van der Waals surface area contributed by atoms with Crippen LogP contribution in [-0.2, 0) is 19.4 Å². The number of aliphatic hydroxyl groups excluding tert-OH is 1. The average molecular weight is 596 g/mol. The Morgan fingerprint density at radius 3 is 2.38 bits per heavy atom. The maximum atomic E-state index is 13.4. The van der Waals surface area contributed by atoms with Crippen molar-refractivity contribution in [1.82, 2.24) is 4.98 Å². The molecule has 40 heavy (non-hydrogen) atoms. The number of nitro benzene ring substituents is 1. The van der Waals surface area contributed by atoms with E-state index in [2.05, 4.69) is 4.98 Å². The molecule has 1 N–H and O–H groups in total. The number of Topliss-reactive ketones (excluding diaryl/α,β-unsaturated/α-hetero) is 1. The lowest BCUT2D eigenvalue weighted by Gasteiger charge is -2.23. The van der Waals surface area contributed by atoms with Gasteiger partial charge in [-0.15, -0.1) is 0 Å². The third-order valence-corrected chi connectivity index (χ3v) is 9.70. The SMILES string of the molecule is Cc1ccc(C(O)=C2C(=O)C(=O)N(c3ncc(S(=O)(=O)c4ccc([N+](=O)[O-])cc4)s3)[C@@H]2c2cccc(Cl)c2)cc1. The van der Waals surface area contributed by atoms with Crippen molar-refractivity contribution in [1.29, 1.82) is 0 Å². The van der Waals surface area contributed by atoms with E-state index in [1.54, 1.807) is 42.5 Å². The van der Waals surface area contributed by atoms with Gasteiger partial charge < -0.3 is 5.11 Å². The van der Waals surface area contributed by atoms with E-state index < -0.39 is 38.3 Å². The molecule has 202 valence electrons. The molecular formula is C27H18ClN3O7S2. The number of hydrogen-bond acceptors (Lipinski definition) is 9. The summed E-state index contributed by atoms with van der Waals surface area (Å²) in [5.74, 6) is -2.38. The van der Waals surface area contributed by atoms with E-state index in [-0.39, 0.29) is 25.5 Å². The van der Waals surface area contributed by atoms with Crippen LogP contribution in [0.3, 0.4) is 0 Å². The van der Waals surface area contributed by atoms with Crippen LogP contribution in [0.2, 0.25) is 5.02 Å². The summed E-state index contributed by atoms with van der Waals surface area (Å²) < 4.78 is 26.2. The Labute approximate surface area is 236 Å². The van der Waals surface area contributed by atoms with Crippen LogP contribution in [0.5, 0.6) is 0 Å². The largest absolute Gasteiger partial charge is 0.507 e. The van der Waals surface area contributed by atoms with Crippen molar-refractivity contribution in [2.45, 2.75) is 22.1 Å². The zero-order valence-corrected chi connectivity index (χ0v) is 22.9. The number of aromatic nitrogens is 1. The molecule has 0 aliphatic carbocycles. The second-order valence-electron chi connectivity index (χ2n) is 8.81. The van der Waals surface area contributed by atoms with Crippen LogP contribution < -0.4 is 4.90 Å². The molecule has 5 rings (SSSR count). The van der Waals surface area contributed by atoms with Gasteiger partial charge in [-0.1, -0.05) is 64.9 Å². The highest BCUT2D eigenvalue weighted by Crippen LogP contribution is 2.44. The molecule has 0 spiro atoms. The second kappa shape index (κ2) is 10.3. The highest BCUT2D eigenvalue weighted by molar-refractivity contribution is 7.93. The van der Waals surface area contributed by atoms with Gasteiger partial charge in [0, 0.05) is 22.7 Å². The topological polar surface area (TPSA) is 148 Å². The summed E-state index contributed by atoms with van der Waals surface area (Å²) in [5, 5.41) is 22.4. The summed E-state index contributed by atoms with van der Waals surface area (Å²) in [6.07, 6.45) is 1.05. The van der Waals surface area contributed by atoms with Crippen molar-refractivity contribution in [2.75, 3.05) is 4.90 Å². The first kappa shape index (κ1) is 27.2. The molecule has 2 heterocycles. The molecule has 0 saturated carbocycles. The zero-order chi connectivity index (χ0) is 28.8. The molecule has 1 saturated heterocycles. The quantitative estimate of drug-likeness (QED) is 0.101. The number of aryl methyl sites for hydroxylation is 1. The van der Waals surface area contributed by atoms with Gasteiger partial charge in [0.1, 0.15) is 9.97 Å². The number of carbonyl (C=O) groups is 2. The Balaban J connectivity index is 1.62. The van der Waals surface area contributed by atoms with Crippen molar-refractivity contribution >= 4 is 61.0 Å². The van der Waals surface area contributed by atoms with Crippen LogP contribution in [0.1, 0.15) is 22.7 Å². The minimum absolute atomic E-state index is 0.101. The van der Waals surface area contributed by atoms with Crippen molar-refractivity contribution in [2.24, 2.45) is 0 Å². The standard InChI is InChI=1S/C27H18ClN3O7S2/c1-15-5-7-16(8-6-15)24(32)22-23(17-3-2-4-18(28)13-17)30(26(34)25(22)33)27-29-14-21(39-27)40(37,38)20-11-9-19(10-12-20)31(35)36/h2-14,23,32H,1H3/t23-/m1/s1. The fourth-order valence-electron chi connectivity index (χ4n) is 4.24. The number of rotatable bonds is 6. The molecule has 4 aromatic rings. The van der Waals surface area contributed by atoms with Gasteiger partial charge in [-0.2, -0.15) is 0 Å². The number of amides is 1. The molecule has 1 aromatic heterocycles. The minimum atomic E-state index is -4.16. The maximum absolute atomic E-state index is 13.4. The van der Waals surface area contributed by atoms with Crippen LogP contribution in [0, 0.1) is 17.0 Å². The fourth-order valence-corrected chi connectivity index (χ4v) is 6.98. The number of sulfone groups is 1. The van der Waals surface area contributed by atoms with Gasteiger partial charge in [0.05, 0.1) is 27.6 Å². The molecule has 13 heteroatoms. The van der Waals surface area contributed by atoms with Gasteiger partial charge in [0.2, 0.25) is 9.84 Å². The van der Waals surface area contributed by atoms with Crippen molar-refractivity contribution in [3.05, 3.63) is 116 Å². The van der Waals surface area contributed by atoms with Gasteiger partial charge in [0.25, 0.3) is 11.5 Å². The summed E-state index contributed by atoms with van der Waals surface area (Å²) in [5.41, 5.74) is 1.16. The lowest BCUT2D eigenvalue weighted by Crippen LogP contribution is -2.29. The smallest absolute Gasteiger partial charge is 0.301 e. The summed E-state index contributed by atoms with van der Waals surface area (Å²) in [4.78, 5) is 41.9. The Kier molecular flexibility index (Phi) is 7.00. The van der Waals surface area contributed by atoms with Crippen molar-refractivity contribution in [3.8, 4) is 0 Å². The number of nitro groups is 1. The number of halogens is 1. The van der Waals surface area contributed by atoms with Crippen molar-refractivity contribution in [3.63, 3.8) is 0 Å². The molecule has 0 unspecified atom stereocenters. The van der Waals surface area contributed by atoms with Crippen LogP contribution in [0.4, 0.5) is 10.8 Å². The fraction of sp³-hybridized carbons (Fsp3) is 0.0741. The lowest BCUT2D eigenvalue weighted by atomic mass is 9.95. The molecule has 1 amide bonds. The predicted octanol–water partition coefficient (Wildman–Crippen LogP) is 5.47. The first-order chi connectivity index (χ1) is 19.0. The Bertz CT molecular complexity index is 1820. The van der Waals surface area contributed by atoms with Crippen molar-refractivity contribution < 1.29 is 28.0 Å². The van der Waals surface area contributed by atoms with Gasteiger partial charge in [-0.25, -0.2) is 13.4 Å². The zero-order valence-electron chi connectivity index (χ0n) is 20.5. The molecule has 1 atom stereocenters. The minimum Gasteiger partial charge on any atom is -0.507 e. The third kappa shape index (κ3) is 4.76. The molecule has 3 aromatic carbocycles. The Morgan fingerprint density at radius 2 is 1.75 bits per heavy atom. The number of hydrogen-bond donors (Lipinski definition) is 1. The van der Waals surface area contributed by atoms with Crippen LogP contribution in [0.25, 0.3) is 5.76 Å². The van der Waals surface area contributed by atoms with Gasteiger partial charge >= 0.3 is 5.91 Å². The van der Waals surface area contributed by atoms with Crippen LogP contribution in [0.15, 0.2) is 93.7 Å². The summed E-state index contributed by atoms with van der Waals surface area (Å²) in [7, 11) is -4.16. The molecule has 10 nitrogen and oxygen atoms in total. The number of thiazole rings is 1. The Morgan fingerprint density at radius 1 is 1.07 bits per heavy atom. The van der Waals surface area contributed by atoms with Gasteiger partial charge in [0.15, 0.2) is 5.13 Å². The third-order valence-electron chi connectivity index (χ3n) is 6.23. The number of nitrogens with zero attached hydrogens (tertiary/aromatic N) is 3. The normalized spacial score (nSPS) is 16.9. The van der Waals surface area contributed by atoms with E-state index in [0.717, 1.165) is 40.9 Å². The highest BCUT2D eigenvalue weighted by atomic mass is 35.5. The number of carbonyl (C=O) groups excluding carboxylic acids is 2. The first-order valence-electron chi connectivity index (χ1n) is 11.6. The average Bonchev–Trinajstić information content (AvgIpc) is 3.52. The maximum Gasteiger partial charge on any atom is 0.301 e. The van der Waals surface area contributed by atoms with E-state index in [1.807, 2.05) is 6.92 Å². The summed E-state index contributed by atoms with van der Waals surface area (Å²) >= 11 is 6.86. The van der Waals surface area contributed by atoms with Crippen LogP contribution >= 0.6 is 22.9 Å². The molecular weight excluding hydrogens is 578 g/mol. The van der Waals surface area contributed by atoms with E-state index in [4.69, 9.17) is 11.6 Å². The monoisotopic (exact) mass is 595 g/mol. The molecule has 1 fully saturated rings. The summed E-state index contributed by atoms with van der Waals surface area (Å²) in [6.45, 7) is 1.86. The van der Waals surface area contributed by atoms with Crippen LogP contribution in [-0.4, -0.2) is 35.1 Å². The van der Waals surface area contributed by atoms with E-state index in [9.17, 15) is 33.2 Å². The van der Waals surface area contributed by atoms with Gasteiger partial charge in [-0.3, -0.25) is 24.6 Å². The van der Waals surface area contributed by atoms with E-state index >= 15 is 0 Å². The number of benzene rings is 3. The lowest BCUT2D eigenvalue weighted by molar-refractivity contribution is -0.384. The Hall–Kier alpha value is -4.39. The molecule has 0 bridgehead atoms. The molecule has 1 aliphatic heterocycles. The summed E-state index contributed by atoms with van der Waals surface area (Å²) in [6, 6.07) is 16.3. The highest BCUT2D eigenvalue weighted by Gasteiger charge is 2.48. The van der Waals surface area contributed by atoms with Gasteiger partial charge in [-0.05, 0) is 36.8 Å².